The van der Waals surface area contributed by atoms with Crippen LogP contribution in [0.2, 0.25) is 0 Å². The van der Waals surface area contributed by atoms with Gasteiger partial charge in [0.15, 0.2) is 0 Å². The zero-order chi connectivity index (χ0) is 10.7. The molecule has 1 rings (SSSR count). The van der Waals surface area contributed by atoms with Crippen LogP contribution in [-0.4, -0.2) is 5.91 Å². The van der Waals surface area contributed by atoms with E-state index in [-0.39, 0.29) is 5.91 Å². The fraction of sp³-hybridized carbons (Fsp3) is 0.417. The van der Waals surface area contributed by atoms with Gasteiger partial charge in [-0.1, -0.05) is 32.1 Å². The SMILES string of the molecule is C=CC1=C(/C=C(\C)C(C)C)NC(=O)C1. The maximum atomic E-state index is 11.1. The summed E-state index contributed by atoms with van der Waals surface area (Å²) in [6.07, 6.45) is 4.24. The molecule has 14 heavy (non-hydrogen) atoms. The Labute approximate surface area is 85.4 Å². The second kappa shape index (κ2) is 4.27. The second-order valence-electron chi connectivity index (χ2n) is 3.91. The van der Waals surface area contributed by atoms with Gasteiger partial charge in [0, 0.05) is 5.70 Å². The minimum atomic E-state index is 0.0581. The third kappa shape index (κ3) is 2.34. The molecule has 0 radical (unpaired) electrons. The van der Waals surface area contributed by atoms with Gasteiger partial charge in [-0.3, -0.25) is 4.79 Å². The minimum absolute atomic E-state index is 0.0581. The topological polar surface area (TPSA) is 29.1 Å². The normalized spacial score (nSPS) is 17.7. The quantitative estimate of drug-likeness (QED) is 0.729. The van der Waals surface area contributed by atoms with Gasteiger partial charge < -0.3 is 5.32 Å². The van der Waals surface area contributed by atoms with Gasteiger partial charge >= 0.3 is 0 Å². The van der Waals surface area contributed by atoms with Crippen molar-refractivity contribution in [3.8, 4) is 0 Å². The summed E-state index contributed by atoms with van der Waals surface area (Å²) in [6, 6.07) is 0. The highest BCUT2D eigenvalue weighted by atomic mass is 16.1. The van der Waals surface area contributed by atoms with Gasteiger partial charge in [-0.25, -0.2) is 0 Å². The van der Waals surface area contributed by atoms with E-state index in [1.165, 1.54) is 5.57 Å². The molecule has 1 aliphatic rings. The minimum Gasteiger partial charge on any atom is -0.326 e. The molecule has 1 amide bonds. The Morgan fingerprint density at radius 1 is 1.57 bits per heavy atom. The molecule has 0 saturated heterocycles. The first-order valence-electron chi connectivity index (χ1n) is 4.88. The Bertz CT molecular complexity index is 321. The number of hydrogen-bond acceptors (Lipinski definition) is 1. The van der Waals surface area contributed by atoms with Gasteiger partial charge in [0.2, 0.25) is 5.91 Å². The van der Waals surface area contributed by atoms with Gasteiger partial charge in [0.05, 0.1) is 6.42 Å². The van der Waals surface area contributed by atoms with E-state index in [4.69, 9.17) is 0 Å². The number of hydrogen-bond donors (Lipinski definition) is 1. The largest absolute Gasteiger partial charge is 0.326 e. The van der Waals surface area contributed by atoms with Crippen molar-refractivity contribution in [3.63, 3.8) is 0 Å². The van der Waals surface area contributed by atoms with Crippen LogP contribution in [-0.2, 0) is 4.79 Å². The van der Waals surface area contributed by atoms with Crippen LogP contribution in [0.25, 0.3) is 0 Å². The molecule has 0 fully saturated rings. The Kier molecular flexibility index (Phi) is 3.28. The van der Waals surface area contributed by atoms with Crippen molar-refractivity contribution in [2.45, 2.75) is 27.2 Å². The average molecular weight is 191 g/mol. The van der Waals surface area contributed by atoms with Gasteiger partial charge in [-0.2, -0.15) is 0 Å². The summed E-state index contributed by atoms with van der Waals surface area (Å²) in [4.78, 5) is 11.1. The molecule has 0 spiro atoms. The number of nitrogens with one attached hydrogen (secondary N) is 1. The van der Waals surface area contributed by atoms with Crippen LogP contribution in [0.15, 0.2) is 35.6 Å². The fourth-order valence-corrected chi connectivity index (χ4v) is 1.25. The summed E-state index contributed by atoms with van der Waals surface area (Å²) in [5.74, 6) is 0.564. The Morgan fingerprint density at radius 3 is 2.71 bits per heavy atom. The highest BCUT2D eigenvalue weighted by Crippen LogP contribution is 2.19. The summed E-state index contributed by atoms with van der Waals surface area (Å²) in [5, 5.41) is 2.83. The molecule has 76 valence electrons. The molecule has 0 unspecified atom stereocenters. The maximum absolute atomic E-state index is 11.1. The summed E-state index contributed by atoms with van der Waals surface area (Å²) in [5.41, 5.74) is 3.17. The highest BCUT2D eigenvalue weighted by molar-refractivity contribution is 5.85. The van der Waals surface area contributed by atoms with E-state index < -0.39 is 0 Å². The number of carbonyl (C=O) groups excluding carboxylic acids is 1. The fourth-order valence-electron chi connectivity index (χ4n) is 1.25. The van der Waals surface area contributed by atoms with Crippen LogP contribution >= 0.6 is 0 Å². The van der Waals surface area contributed by atoms with Crippen molar-refractivity contribution in [3.05, 3.63) is 35.6 Å². The molecular formula is C12H17NO. The van der Waals surface area contributed by atoms with Crippen molar-refractivity contribution in [2.75, 3.05) is 0 Å². The van der Waals surface area contributed by atoms with Crippen molar-refractivity contribution in [1.82, 2.24) is 5.32 Å². The Morgan fingerprint density at radius 2 is 2.21 bits per heavy atom. The van der Waals surface area contributed by atoms with E-state index >= 15 is 0 Å². The molecule has 1 N–H and O–H groups in total. The first kappa shape index (κ1) is 10.8. The van der Waals surface area contributed by atoms with Crippen molar-refractivity contribution in [2.24, 2.45) is 5.92 Å². The molecule has 2 nitrogen and oxygen atoms in total. The third-order valence-corrected chi connectivity index (χ3v) is 2.50. The van der Waals surface area contributed by atoms with Crippen LogP contribution < -0.4 is 5.32 Å². The van der Waals surface area contributed by atoms with Gasteiger partial charge in [-0.15, -0.1) is 0 Å². The maximum Gasteiger partial charge on any atom is 0.228 e. The third-order valence-electron chi connectivity index (χ3n) is 2.50. The molecule has 0 aromatic rings. The lowest BCUT2D eigenvalue weighted by atomic mass is 10.0. The lowest BCUT2D eigenvalue weighted by Gasteiger charge is -2.06. The van der Waals surface area contributed by atoms with Crippen LogP contribution in [0.4, 0.5) is 0 Å². The summed E-state index contributed by atoms with van der Waals surface area (Å²) < 4.78 is 0. The molecule has 0 aromatic carbocycles. The van der Waals surface area contributed by atoms with Crippen molar-refractivity contribution < 1.29 is 4.79 Å². The van der Waals surface area contributed by atoms with Crippen LogP contribution in [0.1, 0.15) is 27.2 Å². The lowest BCUT2D eigenvalue weighted by molar-refractivity contribution is -0.118. The van der Waals surface area contributed by atoms with Crippen molar-refractivity contribution in [1.29, 1.82) is 0 Å². The molecule has 0 bridgehead atoms. The molecule has 1 heterocycles. The first-order valence-corrected chi connectivity index (χ1v) is 4.88. The zero-order valence-electron chi connectivity index (χ0n) is 9.05. The number of carbonyl (C=O) groups is 1. The average Bonchev–Trinajstić information content (AvgIpc) is 2.45. The summed E-state index contributed by atoms with van der Waals surface area (Å²) in [7, 11) is 0. The standard InChI is InChI=1S/C12H17NO/c1-5-10-7-12(14)13-11(10)6-9(4)8(2)3/h5-6,8H,1,7H2,2-4H3,(H,13,14)/b9-6+. The Balaban J connectivity index is 2.92. The van der Waals surface area contributed by atoms with Crippen LogP contribution in [0.5, 0.6) is 0 Å². The summed E-state index contributed by atoms with van der Waals surface area (Å²) in [6.45, 7) is 10.0. The lowest BCUT2D eigenvalue weighted by Crippen LogP contribution is -2.14. The molecular weight excluding hydrogens is 174 g/mol. The first-order chi connectivity index (χ1) is 6.54. The van der Waals surface area contributed by atoms with E-state index in [1.54, 1.807) is 6.08 Å². The smallest absolute Gasteiger partial charge is 0.228 e. The predicted molar refractivity (Wildman–Crippen MR) is 58.6 cm³/mol. The van der Waals surface area contributed by atoms with Gasteiger partial charge in [-0.05, 0) is 24.5 Å². The monoisotopic (exact) mass is 191 g/mol. The summed E-state index contributed by atoms with van der Waals surface area (Å²) >= 11 is 0. The van der Waals surface area contributed by atoms with E-state index in [9.17, 15) is 4.79 Å². The van der Waals surface area contributed by atoms with E-state index in [0.29, 0.717) is 12.3 Å². The van der Waals surface area contributed by atoms with Gasteiger partial charge in [0.1, 0.15) is 0 Å². The van der Waals surface area contributed by atoms with E-state index in [1.807, 2.05) is 6.08 Å². The molecule has 1 aliphatic heterocycles. The predicted octanol–water partition coefficient (Wildman–Crippen LogP) is 2.55. The van der Waals surface area contributed by atoms with Crippen LogP contribution in [0, 0.1) is 5.92 Å². The number of rotatable bonds is 3. The molecule has 0 aliphatic carbocycles. The number of amides is 1. The van der Waals surface area contributed by atoms with E-state index in [2.05, 4.69) is 32.7 Å². The molecule has 2 heteroatoms. The highest BCUT2D eigenvalue weighted by Gasteiger charge is 2.17. The molecule has 0 saturated carbocycles. The van der Waals surface area contributed by atoms with Crippen molar-refractivity contribution >= 4 is 5.91 Å². The van der Waals surface area contributed by atoms with Gasteiger partial charge in [0.25, 0.3) is 0 Å². The molecule has 0 aromatic heterocycles. The zero-order valence-corrected chi connectivity index (χ0v) is 9.05. The molecule has 0 atom stereocenters. The van der Waals surface area contributed by atoms with E-state index in [0.717, 1.165) is 11.3 Å². The number of allylic oxidation sites excluding steroid dienone is 3. The van der Waals surface area contributed by atoms with Crippen LogP contribution in [0.3, 0.4) is 0 Å². The Hall–Kier alpha value is -1.31. The second-order valence-corrected chi connectivity index (χ2v) is 3.91.